The molecule has 0 saturated carbocycles. The van der Waals surface area contributed by atoms with Gasteiger partial charge in [-0.1, -0.05) is 22.6 Å². The first-order valence-electron chi connectivity index (χ1n) is 2.70. The van der Waals surface area contributed by atoms with Crippen LogP contribution in [0.1, 0.15) is 6.42 Å². The van der Waals surface area contributed by atoms with Gasteiger partial charge >= 0.3 is 0 Å². The Bertz CT molecular complexity index is 107. The normalized spacial score (nSPS) is 34.3. The molecule has 0 radical (unpaired) electrons. The molecule has 4 heteroatoms. The van der Waals surface area contributed by atoms with E-state index < -0.39 is 12.5 Å². The highest BCUT2D eigenvalue weighted by Gasteiger charge is 2.35. The van der Waals surface area contributed by atoms with Crippen LogP contribution in [0.4, 0.5) is 8.78 Å². The van der Waals surface area contributed by atoms with Gasteiger partial charge < -0.3 is 4.74 Å². The number of alkyl halides is 3. The first-order valence-corrected chi connectivity index (χ1v) is 3.94. The van der Waals surface area contributed by atoms with Crippen molar-refractivity contribution in [1.29, 1.82) is 0 Å². The maximum atomic E-state index is 12.3. The monoisotopic (exact) mass is 248 g/mol. The van der Waals surface area contributed by atoms with Gasteiger partial charge in [0.15, 0.2) is 0 Å². The van der Waals surface area contributed by atoms with Gasteiger partial charge in [-0.3, -0.25) is 0 Å². The van der Waals surface area contributed by atoms with Crippen molar-refractivity contribution in [2.24, 2.45) is 0 Å². The SMILES string of the molecule is FC1(F)COC[C@H](I)C1. The van der Waals surface area contributed by atoms with Gasteiger partial charge in [-0.05, 0) is 0 Å². The second-order valence-corrected chi connectivity index (χ2v) is 3.93. The van der Waals surface area contributed by atoms with E-state index in [0.717, 1.165) is 0 Å². The van der Waals surface area contributed by atoms with Gasteiger partial charge in [-0.2, -0.15) is 0 Å². The van der Waals surface area contributed by atoms with Crippen LogP contribution in [-0.4, -0.2) is 23.1 Å². The molecule has 54 valence electrons. The molecule has 1 fully saturated rings. The molecule has 1 rings (SSSR count). The van der Waals surface area contributed by atoms with Crippen molar-refractivity contribution in [3.8, 4) is 0 Å². The summed E-state index contributed by atoms with van der Waals surface area (Å²) in [5.74, 6) is -2.58. The molecule has 0 aromatic rings. The third-order valence-corrected chi connectivity index (χ3v) is 1.93. The molecule has 9 heavy (non-hydrogen) atoms. The summed E-state index contributed by atoms with van der Waals surface area (Å²) in [6, 6.07) is 0. The van der Waals surface area contributed by atoms with Gasteiger partial charge in [-0.15, -0.1) is 0 Å². The van der Waals surface area contributed by atoms with Gasteiger partial charge in [0.1, 0.15) is 6.61 Å². The Morgan fingerprint density at radius 3 is 2.56 bits per heavy atom. The van der Waals surface area contributed by atoms with Crippen LogP contribution in [0.2, 0.25) is 0 Å². The lowest BCUT2D eigenvalue weighted by Gasteiger charge is -2.25. The third-order valence-electron chi connectivity index (χ3n) is 1.13. The van der Waals surface area contributed by atoms with E-state index in [-0.39, 0.29) is 10.3 Å². The fourth-order valence-electron chi connectivity index (χ4n) is 0.778. The van der Waals surface area contributed by atoms with Crippen LogP contribution < -0.4 is 0 Å². The molecule has 0 aromatic heterocycles. The zero-order valence-corrected chi connectivity index (χ0v) is 6.90. The van der Waals surface area contributed by atoms with E-state index in [1.807, 2.05) is 22.6 Å². The van der Waals surface area contributed by atoms with Crippen LogP contribution in [0.15, 0.2) is 0 Å². The molecule has 0 aliphatic carbocycles. The molecule has 0 spiro atoms. The van der Waals surface area contributed by atoms with Crippen LogP contribution in [0, 0.1) is 0 Å². The lowest BCUT2D eigenvalue weighted by Crippen LogP contribution is -2.35. The maximum Gasteiger partial charge on any atom is 0.272 e. The molecule has 0 aromatic carbocycles. The molecule has 1 atom stereocenters. The molecule has 0 bridgehead atoms. The van der Waals surface area contributed by atoms with Gasteiger partial charge in [0, 0.05) is 10.3 Å². The lowest BCUT2D eigenvalue weighted by atomic mass is 10.2. The largest absolute Gasteiger partial charge is 0.374 e. The molecule has 1 saturated heterocycles. The average molecular weight is 248 g/mol. The van der Waals surface area contributed by atoms with Crippen molar-refractivity contribution in [2.75, 3.05) is 13.2 Å². The van der Waals surface area contributed by atoms with Crippen LogP contribution in [-0.2, 0) is 4.74 Å². The fourth-order valence-corrected chi connectivity index (χ4v) is 1.68. The Kier molecular flexibility index (Phi) is 2.26. The second kappa shape index (κ2) is 2.65. The van der Waals surface area contributed by atoms with Gasteiger partial charge in [0.25, 0.3) is 5.92 Å². The van der Waals surface area contributed by atoms with Crippen molar-refractivity contribution in [1.82, 2.24) is 0 Å². The molecule has 1 aliphatic rings. The van der Waals surface area contributed by atoms with E-state index in [0.29, 0.717) is 6.61 Å². The smallest absolute Gasteiger partial charge is 0.272 e. The van der Waals surface area contributed by atoms with Crippen LogP contribution >= 0.6 is 22.6 Å². The predicted octanol–water partition coefficient (Wildman–Crippen LogP) is 1.85. The first kappa shape index (κ1) is 7.65. The highest BCUT2D eigenvalue weighted by molar-refractivity contribution is 14.1. The Balaban J connectivity index is 2.41. The van der Waals surface area contributed by atoms with Crippen molar-refractivity contribution in [3.05, 3.63) is 0 Å². The Labute approximate surface area is 65.9 Å². The van der Waals surface area contributed by atoms with Gasteiger partial charge in [0.05, 0.1) is 6.61 Å². The van der Waals surface area contributed by atoms with E-state index in [1.54, 1.807) is 0 Å². The van der Waals surface area contributed by atoms with E-state index in [4.69, 9.17) is 0 Å². The van der Waals surface area contributed by atoms with E-state index in [9.17, 15) is 8.78 Å². The predicted molar refractivity (Wildman–Crippen MR) is 38.2 cm³/mol. The van der Waals surface area contributed by atoms with Crippen LogP contribution in [0.25, 0.3) is 0 Å². The van der Waals surface area contributed by atoms with E-state index in [2.05, 4.69) is 4.74 Å². The Morgan fingerprint density at radius 1 is 1.56 bits per heavy atom. The molecule has 0 amide bonds. The van der Waals surface area contributed by atoms with Crippen LogP contribution in [0.5, 0.6) is 0 Å². The Hall–Kier alpha value is 0.550. The van der Waals surface area contributed by atoms with Crippen molar-refractivity contribution in [3.63, 3.8) is 0 Å². The van der Waals surface area contributed by atoms with Gasteiger partial charge in [-0.25, -0.2) is 8.78 Å². The molecule has 0 unspecified atom stereocenters. The quantitative estimate of drug-likeness (QED) is 0.469. The summed E-state index contributed by atoms with van der Waals surface area (Å²) in [7, 11) is 0. The summed E-state index contributed by atoms with van der Waals surface area (Å²) in [6.45, 7) is 0.0721. The maximum absolute atomic E-state index is 12.3. The highest BCUT2D eigenvalue weighted by Crippen LogP contribution is 2.28. The number of rotatable bonds is 0. The molecule has 0 N–H and O–H groups in total. The third kappa shape index (κ3) is 2.33. The summed E-state index contributed by atoms with van der Waals surface area (Å²) in [5, 5.41) is 0. The molecule has 1 aliphatic heterocycles. The van der Waals surface area contributed by atoms with Gasteiger partial charge in [0.2, 0.25) is 0 Å². The molecular formula is C5H7F2IO. The van der Waals surface area contributed by atoms with E-state index in [1.165, 1.54) is 0 Å². The topological polar surface area (TPSA) is 9.23 Å². The minimum absolute atomic E-state index is 0.0219. The summed E-state index contributed by atoms with van der Waals surface area (Å²) in [5.41, 5.74) is 0. The minimum Gasteiger partial charge on any atom is -0.374 e. The number of hydrogen-bond donors (Lipinski definition) is 0. The number of ether oxygens (including phenoxy) is 1. The molecule has 1 heterocycles. The van der Waals surface area contributed by atoms with Crippen LogP contribution in [0.3, 0.4) is 0 Å². The zero-order chi connectivity index (χ0) is 6.91. The number of hydrogen-bond acceptors (Lipinski definition) is 1. The summed E-state index contributed by atoms with van der Waals surface area (Å²) in [6.07, 6.45) is -0.0342. The van der Waals surface area contributed by atoms with Crippen molar-refractivity contribution < 1.29 is 13.5 Å². The summed E-state index contributed by atoms with van der Waals surface area (Å²) in [4.78, 5) is 0. The van der Waals surface area contributed by atoms with E-state index >= 15 is 0 Å². The highest BCUT2D eigenvalue weighted by atomic mass is 127. The second-order valence-electron chi connectivity index (χ2n) is 2.17. The standard InChI is InChI=1S/C5H7F2IO/c6-5(7)1-4(8)2-9-3-5/h4H,1-3H2/t4-/m1/s1. The minimum atomic E-state index is -2.58. The number of halogens is 3. The molecule has 1 nitrogen and oxygen atoms in total. The fraction of sp³-hybridized carbons (Fsp3) is 1.00. The molecular weight excluding hydrogens is 241 g/mol. The summed E-state index contributed by atoms with van der Waals surface area (Å²) < 4.78 is 29.3. The van der Waals surface area contributed by atoms with Crippen molar-refractivity contribution in [2.45, 2.75) is 16.3 Å². The lowest BCUT2D eigenvalue weighted by molar-refractivity contribution is -0.109. The Morgan fingerprint density at radius 2 is 2.22 bits per heavy atom. The zero-order valence-electron chi connectivity index (χ0n) is 4.74. The summed E-state index contributed by atoms with van der Waals surface area (Å²) >= 11 is 1.98. The first-order chi connectivity index (χ1) is 4.10. The average Bonchev–Trinajstić information content (AvgIpc) is 1.60. The van der Waals surface area contributed by atoms with Crippen molar-refractivity contribution >= 4 is 22.6 Å².